The number of H-pyrrole nitrogens is 1. The molecule has 5 fully saturated rings. The second-order valence-corrected chi connectivity index (χ2v) is 25.8. The van der Waals surface area contributed by atoms with Crippen LogP contribution in [0, 0.1) is 28.4 Å². The quantitative estimate of drug-likeness (QED) is 0.0556. The first-order valence-electron chi connectivity index (χ1n) is 27.9. The van der Waals surface area contributed by atoms with E-state index in [1.54, 1.807) is 20.3 Å². The van der Waals surface area contributed by atoms with Crippen LogP contribution < -0.4 is 34.0 Å². The summed E-state index contributed by atoms with van der Waals surface area (Å²) in [5.41, 5.74) is 4.44. The maximum absolute atomic E-state index is 14.8. The molecular weight excluding hydrogens is 1060 g/mol. The first kappa shape index (κ1) is 54.0. The van der Waals surface area contributed by atoms with E-state index in [2.05, 4.69) is 58.0 Å². The Bertz CT molecular complexity index is 3400. The van der Waals surface area contributed by atoms with E-state index in [0.717, 1.165) is 100 Å². The van der Waals surface area contributed by atoms with Gasteiger partial charge in [0.2, 0.25) is 5.88 Å². The van der Waals surface area contributed by atoms with Gasteiger partial charge < -0.3 is 44.2 Å². The van der Waals surface area contributed by atoms with Gasteiger partial charge in [-0.3, -0.25) is 24.7 Å². The molecule has 2 saturated carbocycles. The minimum absolute atomic E-state index is 0.107. The zero-order valence-electron chi connectivity index (χ0n) is 45.7. The molecule has 80 heavy (non-hydrogen) atoms. The van der Waals surface area contributed by atoms with Gasteiger partial charge in [-0.15, -0.1) is 11.3 Å². The normalized spacial score (nSPS) is 24.4. The van der Waals surface area contributed by atoms with Crippen LogP contribution in [0.1, 0.15) is 97.1 Å². The fourth-order valence-electron chi connectivity index (χ4n) is 13.4. The van der Waals surface area contributed by atoms with E-state index in [0.29, 0.717) is 79.6 Å². The molecule has 12 rings (SSSR count). The predicted octanol–water partition coefficient (Wildman–Crippen LogP) is 8.72. The monoisotopic (exact) mass is 1130 g/mol. The van der Waals surface area contributed by atoms with Crippen molar-refractivity contribution in [2.75, 3.05) is 81.8 Å². The average molecular weight is 1130 g/mol. The Kier molecular flexibility index (Phi) is 14.7. The van der Waals surface area contributed by atoms with Crippen molar-refractivity contribution < 1.29 is 42.2 Å². The number of methoxy groups -OCH3 is 2. The van der Waals surface area contributed by atoms with Crippen molar-refractivity contribution in [1.82, 2.24) is 29.5 Å². The first-order valence-corrected chi connectivity index (χ1v) is 30.2. The Balaban J connectivity index is 0.787. The topological polar surface area (TPSA) is 230 Å². The van der Waals surface area contributed by atoms with Crippen molar-refractivity contribution in [3.05, 3.63) is 110 Å². The van der Waals surface area contributed by atoms with Crippen molar-refractivity contribution in [2.45, 2.75) is 113 Å². The van der Waals surface area contributed by atoms with E-state index in [4.69, 9.17) is 23.9 Å². The maximum Gasteiger partial charge on any atom is 0.293 e. The highest BCUT2D eigenvalue weighted by Crippen LogP contribution is 2.54. The second kappa shape index (κ2) is 21.7. The standard InChI is InChI=1S/C58H70N10O10S2/c1-36-13-24-79-52(36)49-34-64(33-38-25-50(75-3)56(76-4)61-32-38)21-22-66(49)41-29-58(30-41)16-19-65(20-17-58)40-5-7-43(46(27-40)67-45-12-23-77-35-51(45)78-55-48(67)26-39-11-18-59-53(39)62-55)54(69)63-80(73,74)42-6-8-44(47(28-42)68(71)72)60-31-37-9-14-57(2,70)15-10-37/h5-8,11,13,18,24-28,32,37,41,45,49,51,60,70H,9-10,12,14-17,19-23,29-31,33-35H2,1-4H3,(H,59,62)(H,63,69)/t37?,45-,49+,51-,57?/m0/s1. The smallest absolute Gasteiger partial charge is 0.293 e. The number of rotatable bonds is 15. The molecule has 2 aliphatic carbocycles. The SMILES string of the molecule is COc1cc(CN2CCN(C3CC4(CCN(c5ccc(C(=O)NS(=O)(=O)c6ccc(NCC7CCC(C)(O)CC7)c([N+](=O)[O-])c6)c(N6c7cc8cc[nH]c8nc7O[C@H]7COCC[C@@H]76)c5)CC4)C3)[C@@H](c3sccc3C)C2)cnc1OC. The number of aliphatic hydroxyl groups is 1. The van der Waals surface area contributed by atoms with Crippen molar-refractivity contribution in [3.8, 4) is 17.5 Å². The molecule has 1 amide bonds. The maximum atomic E-state index is 14.8. The van der Waals surface area contributed by atoms with Gasteiger partial charge in [0.25, 0.3) is 27.5 Å². The number of pyridine rings is 2. The summed E-state index contributed by atoms with van der Waals surface area (Å²) in [5.74, 6) is 0.780. The van der Waals surface area contributed by atoms with Crippen LogP contribution in [0.3, 0.4) is 0 Å². The Hall–Kier alpha value is -6.56. The summed E-state index contributed by atoms with van der Waals surface area (Å²) in [6, 6.07) is 17.9. The Morgan fingerprint density at radius 2 is 1.80 bits per heavy atom. The van der Waals surface area contributed by atoms with E-state index >= 15 is 0 Å². The number of carbonyl (C=O) groups excluding carboxylic acids is 1. The number of hydrogen-bond donors (Lipinski definition) is 4. The zero-order chi connectivity index (χ0) is 55.5. The summed E-state index contributed by atoms with van der Waals surface area (Å²) in [6.07, 6.45) is 10.9. The lowest BCUT2D eigenvalue weighted by Crippen LogP contribution is -2.59. The molecule has 6 aliphatic rings. The molecule has 4 aromatic heterocycles. The third-order valence-electron chi connectivity index (χ3n) is 18.0. The van der Waals surface area contributed by atoms with Gasteiger partial charge in [0.15, 0.2) is 5.75 Å². The number of nitrogens with zero attached hydrogens (tertiary/aromatic N) is 7. The van der Waals surface area contributed by atoms with Crippen LogP contribution in [0.25, 0.3) is 11.0 Å². The lowest BCUT2D eigenvalue weighted by Gasteiger charge is -2.58. The number of thiophene rings is 1. The molecular formula is C58H70N10O10S2. The third kappa shape index (κ3) is 10.6. The molecule has 0 radical (unpaired) electrons. The summed E-state index contributed by atoms with van der Waals surface area (Å²) in [6.45, 7) is 10.5. The molecule has 2 aromatic carbocycles. The third-order valence-corrected chi connectivity index (χ3v) is 20.4. The largest absolute Gasteiger partial charge is 0.491 e. The minimum Gasteiger partial charge on any atom is -0.491 e. The zero-order valence-corrected chi connectivity index (χ0v) is 47.3. The summed E-state index contributed by atoms with van der Waals surface area (Å²) < 4.78 is 54.3. The molecule has 0 bridgehead atoms. The lowest BCUT2D eigenvalue weighted by atomic mass is 9.59. The number of nitro benzene ring substituents is 1. The number of nitrogens with one attached hydrogen (secondary N) is 3. The van der Waals surface area contributed by atoms with Gasteiger partial charge in [0.05, 0.1) is 59.6 Å². The number of hydrogen-bond acceptors (Lipinski definition) is 18. The van der Waals surface area contributed by atoms with Crippen molar-refractivity contribution in [2.24, 2.45) is 11.3 Å². The number of fused-ring (bicyclic) bond motifs is 3. The van der Waals surface area contributed by atoms with Gasteiger partial charge in [-0.1, -0.05) is 0 Å². The van der Waals surface area contributed by atoms with Gasteiger partial charge in [-0.2, -0.15) is 4.98 Å². The summed E-state index contributed by atoms with van der Waals surface area (Å²) in [5, 5.41) is 29.0. The fraction of sp³-hybridized carbons (Fsp3) is 0.500. The number of aromatic amines is 1. The molecule has 4 aliphatic heterocycles. The van der Waals surface area contributed by atoms with E-state index in [-0.39, 0.29) is 34.7 Å². The summed E-state index contributed by atoms with van der Waals surface area (Å²) in [4.78, 5) is 49.9. The highest BCUT2D eigenvalue weighted by molar-refractivity contribution is 7.90. The van der Waals surface area contributed by atoms with Gasteiger partial charge >= 0.3 is 0 Å². The van der Waals surface area contributed by atoms with Crippen LogP contribution in [0.4, 0.5) is 28.4 Å². The molecule has 3 saturated heterocycles. The molecule has 0 unspecified atom stereocenters. The number of nitro groups is 1. The minimum atomic E-state index is -4.64. The van der Waals surface area contributed by atoms with Crippen molar-refractivity contribution in [1.29, 1.82) is 0 Å². The number of benzene rings is 2. The molecule has 20 nitrogen and oxygen atoms in total. The molecule has 4 N–H and O–H groups in total. The van der Waals surface area contributed by atoms with Crippen LogP contribution in [0.2, 0.25) is 0 Å². The van der Waals surface area contributed by atoms with Crippen LogP contribution in [-0.2, 0) is 21.3 Å². The number of sulfonamides is 1. The van der Waals surface area contributed by atoms with E-state index in [9.17, 15) is 28.4 Å². The number of aryl methyl sites for hydroxylation is 1. The van der Waals surface area contributed by atoms with Gasteiger partial charge in [-0.05, 0) is 154 Å². The van der Waals surface area contributed by atoms with E-state index < -0.39 is 43.1 Å². The molecule has 8 heterocycles. The number of piperazine rings is 1. The number of carbonyl (C=O) groups is 1. The molecule has 424 valence electrons. The van der Waals surface area contributed by atoms with Crippen LogP contribution in [-0.4, -0.2) is 140 Å². The molecule has 1 spiro atoms. The van der Waals surface area contributed by atoms with Crippen LogP contribution in [0.5, 0.6) is 17.5 Å². The van der Waals surface area contributed by atoms with Crippen LogP contribution >= 0.6 is 11.3 Å². The predicted molar refractivity (Wildman–Crippen MR) is 305 cm³/mol. The number of anilines is 4. The van der Waals surface area contributed by atoms with Crippen molar-refractivity contribution in [3.63, 3.8) is 0 Å². The lowest BCUT2D eigenvalue weighted by molar-refractivity contribution is -0.384. The molecule has 6 aromatic rings. The fourth-order valence-corrected chi connectivity index (χ4v) is 15.4. The number of ether oxygens (including phenoxy) is 4. The Labute approximate surface area is 470 Å². The highest BCUT2D eigenvalue weighted by atomic mass is 32.2. The number of piperidine rings is 1. The highest BCUT2D eigenvalue weighted by Gasteiger charge is 2.50. The molecule has 22 heteroatoms. The Morgan fingerprint density at radius 3 is 2.55 bits per heavy atom. The van der Waals surface area contributed by atoms with Gasteiger partial charge in [0, 0.05) is 92.9 Å². The average Bonchev–Trinajstić information content (AvgIpc) is 4.14. The van der Waals surface area contributed by atoms with Crippen LogP contribution in [0.15, 0.2) is 83.3 Å². The first-order chi connectivity index (χ1) is 38.6. The number of aromatic nitrogens is 3. The van der Waals surface area contributed by atoms with Gasteiger partial charge in [0.1, 0.15) is 23.1 Å². The second-order valence-electron chi connectivity index (χ2n) is 23.1. The van der Waals surface area contributed by atoms with E-state index in [1.807, 2.05) is 61.0 Å². The van der Waals surface area contributed by atoms with Crippen molar-refractivity contribution >= 4 is 66.7 Å². The Morgan fingerprint density at radius 1 is 0.988 bits per heavy atom. The van der Waals surface area contributed by atoms with E-state index in [1.165, 1.54) is 22.6 Å². The van der Waals surface area contributed by atoms with Gasteiger partial charge in [-0.25, -0.2) is 18.1 Å². The molecule has 3 atom stereocenters. The number of amides is 1. The summed E-state index contributed by atoms with van der Waals surface area (Å²) in [7, 11) is -1.40. The summed E-state index contributed by atoms with van der Waals surface area (Å²) >= 11 is 1.85.